The molecule has 5 heteroatoms. The molecule has 6 atom stereocenters. The number of fused-ring (bicyclic) bond motifs is 3. The highest BCUT2D eigenvalue weighted by Gasteiger charge is 2.56. The number of carbonyl (C=O) groups is 3. The normalized spacial score (nSPS) is 40.5. The van der Waals surface area contributed by atoms with Crippen LogP contribution in [0.4, 0.5) is 0 Å². The highest BCUT2D eigenvalue weighted by atomic mass is 16.6. The van der Waals surface area contributed by atoms with E-state index in [1.165, 1.54) is 6.92 Å². The molecule has 0 bridgehead atoms. The Bertz CT molecular complexity index is 602. The van der Waals surface area contributed by atoms with Gasteiger partial charge in [-0.1, -0.05) is 19.1 Å². The molecule has 0 N–H and O–H groups in total. The first-order valence-corrected chi connectivity index (χ1v) is 7.60. The lowest BCUT2D eigenvalue weighted by Gasteiger charge is -2.28. The second-order valence-electron chi connectivity index (χ2n) is 6.62. The van der Waals surface area contributed by atoms with Crippen molar-refractivity contribution < 1.29 is 23.9 Å². The van der Waals surface area contributed by atoms with Crippen LogP contribution < -0.4 is 0 Å². The zero-order valence-electron chi connectivity index (χ0n) is 13.0. The summed E-state index contributed by atoms with van der Waals surface area (Å²) in [6.07, 6.45) is 1.25. The van der Waals surface area contributed by atoms with E-state index in [9.17, 15) is 14.4 Å². The van der Waals surface area contributed by atoms with Gasteiger partial charge in [-0.05, 0) is 25.3 Å². The van der Waals surface area contributed by atoms with Gasteiger partial charge in [0, 0.05) is 24.3 Å². The minimum Gasteiger partial charge on any atom is -0.462 e. The average Bonchev–Trinajstić information content (AvgIpc) is 2.81. The molecule has 0 amide bonds. The van der Waals surface area contributed by atoms with Crippen LogP contribution in [0, 0.1) is 23.7 Å². The highest BCUT2D eigenvalue weighted by molar-refractivity contribution is 5.97. The van der Waals surface area contributed by atoms with Crippen LogP contribution in [0.3, 0.4) is 0 Å². The van der Waals surface area contributed by atoms with Gasteiger partial charge in [-0.2, -0.15) is 0 Å². The molecule has 2 aliphatic carbocycles. The Hall–Kier alpha value is -1.91. The topological polar surface area (TPSA) is 69.7 Å². The van der Waals surface area contributed by atoms with Crippen LogP contribution in [-0.2, 0) is 23.9 Å². The van der Waals surface area contributed by atoms with Crippen molar-refractivity contribution in [2.75, 3.05) is 0 Å². The molecule has 0 unspecified atom stereocenters. The van der Waals surface area contributed by atoms with Gasteiger partial charge in [-0.3, -0.25) is 9.59 Å². The molecule has 1 saturated carbocycles. The molecule has 2 fully saturated rings. The van der Waals surface area contributed by atoms with Gasteiger partial charge in [0.15, 0.2) is 5.78 Å². The number of hydrogen-bond donors (Lipinski definition) is 0. The van der Waals surface area contributed by atoms with Gasteiger partial charge < -0.3 is 9.47 Å². The van der Waals surface area contributed by atoms with Crippen molar-refractivity contribution in [3.05, 3.63) is 23.8 Å². The monoisotopic (exact) mass is 304 g/mol. The lowest BCUT2D eigenvalue weighted by molar-refractivity contribution is -0.150. The summed E-state index contributed by atoms with van der Waals surface area (Å²) in [6, 6.07) is 0. The lowest BCUT2D eigenvalue weighted by atomic mass is 9.78. The van der Waals surface area contributed by atoms with Gasteiger partial charge in [-0.25, -0.2) is 4.79 Å². The summed E-state index contributed by atoms with van der Waals surface area (Å²) in [5.74, 6) is -1.45. The molecule has 0 aromatic rings. The molecule has 5 nitrogen and oxygen atoms in total. The van der Waals surface area contributed by atoms with Crippen LogP contribution in [0.2, 0.25) is 0 Å². The number of ketones is 1. The summed E-state index contributed by atoms with van der Waals surface area (Å²) in [5, 5.41) is 0. The Labute approximate surface area is 129 Å². The van der Waals surface area contributed by atoms with Gasteiger partial charge in [0.05, 0.1) is 5.92 Å². The molecule has 0 spiro atoms. The average molecular weight is 304 g/mol. The molecular formula is C17H20O5. The van der Waals surface area contributed by atoms with Crippen molar-refractivity contribution in [2.24, 2.45) is 23.7 Å². The highest BCUT2D eigenvalue weighted by Crippen LogP contribution is 2.50. The lowest BCUT2D eigenvalue weighted by Crippen LogP contribution is -2.36. The Balaban J connectivity index is 2.04. The van der Waals surface area contributed by atoms with E-state index in [0.717, 1.165) is 5.57 Å². The van der Waals surface area contributed by atoms with E-state index in [2.05, 4.69) is 6.58 Å². The van der Waals surface area contributed by atoms with Crippen LogP contribution in [0.1, 0.15) is 27.2 Å². The number of allylic oxidation sites excluding steroid dienone is 1. The van der Waals surface area contributed by atoms with Gasteiger partial charge in [-0.15, -0.1) is 0 Å². The first-order valence-electron chi connectivity index (χ1n) is 7.60. The predicted octanol–water partition coefficient (Wildman–Crippen LogP) is 1.82. The second kappa shape index (κ2) is 5.07. The van der Waals surface area contributed by atoms with Crippen LogP contribution in [0.25, 0.3) is 0 Å². The Kier molecular flexibility index (Phi) is 3.46. The first-order chi connectivity index (χ1) is 10.3. The van der Waals surface area contributed by atoms with Crippen molar-refractivity contribution in [2.45, 2.75) is 39.4 Å². The van der Waals surface area contributed by atoms with E-state index < -0.39 is 24.1 Å². The summed E-state index contributed by atoms with van der Waals surface area (Å²) in [4.78, 5) is 35.7. The molecular weight excluding hydrogens is 284 g/mol. The van der Waals surface area contributed by atoms with E-state index >= 15 is 0 Å². The largest absolute Gasteiger partial charge is 0.462 e. The third-order valence-corrected chi connectivity index (χ3v) is 5.16. The van der Waals surface area contributed by atoms with E-state index in [1.54, 1.807) is 6.08 Å². The molecule has 118 valence electrons. The second-order valence-corrected chi connectivity index (χ2v) is 6.62. The minimum absolute atomic E-state index is 0.0488. The Morgan fingerprint density at radius 2 is 2.00 bits per heavy atom. The van der Waals surface area contributed by atoms with Crippen LogP contribution in [-0.4, -0.2) is 29.9 Å². The molecule has 1 heterocycles. The fraction of sp³-hybridized carbons (Fsp3) is 0.588. The van der Waals surface area contributed by atoms with Gasteiger partial charge in [0.25, 0.3) is 0 Å². The minimum atomic E-state index is -0.470. The predicted molar refractivity (Wildman–Crippen MR) is 77.6 cm³/mol. The summed E-state index contributed by atoms with van der Waals surface area (Å²) >= 11 is 0. The van der Waals surface area contributed by atoms with Crippen LogP contribution in [0.5, 0.6) is 0 Å². The third kappa shape index (κ3) is 2.11. The van der Waals surface area contributed by atoms with Crippen molar-refractivity contribution in [1.82, 2.24) is 0 Å². The van der Waals surface area contributed by atoms with E-state index in [0.29, 0.717) is 12.0 Å². The third-order valence-electron chi connectivity index (χ3n) is 5.16. The molecule has 0 aromatic carbocycles. The van der Waals surface area contributed by atoms with Crippen molar-refractivity contribution >= 4 is 17.7 Å². The first kappa shape index (κ1) is 15.0. The summed E-state index contributed by atoms with van der Waals surface area (Å²) in [6.45, 7) is 9.07. The maximum Gasteiger partial charge on any atom is 0.334 e. The number of esters is 2. The maximum atomic E-state index is 12.3. The Morgan fingerprint density at radius 3 is 2.64 bits per heavy atom. The van der Waals surface area contributed by atoms with E-state index in [-0.39, 0.29) is 29.5 Å². The number of carbonyl (C=O) groups excluding carboxylic acids is 3. The van der Waals surface area contributed by atoms with Gasteiger partial charge in [0.1, 0.15) is 12.2 Å². The zero-order valence-corrected chi connectivity index (χ0v) is 13.0. The van der Waals surface area contributed by atoms with E-state index in [1.807, 2.05) is 13.8 Å². The summed E-state index contributed by atoms with van der Waals surface area (Å²) < 4.78 is 11.0. The summed E-state index contributed by atoms with van der Waals surface area (Å²) in [7, 11) is 0. The van der Waals surface area contributed by atoms with Crippen molar-refractivity contribution in [3.63, 3.8) is 0 Å². The SMILES string of the molecule is C=C1C(=O)O[C@@H]2[C@H]3C(C)=CC(=O)[C@@H]3[C@@H](C)C[C@H](OC(C)=O)[C@@H]12. The fourth-order valence-electron chi connectivity index (χ4n) is 4.31. The smallest absolute Gasteiger partial charge is 0.334 e. The molecule has 22 heavy (non-hydrogen) atoms. The molecule has 1 saturated heterocycles. The van der Waals surface area contributed by atoms with Gasteiger partial charge in [0.2, 0.25) is 0 Å². The number of hydrogen-bond acceptors (Lipinski definition) is 5. The Morgan fingerprint density at radius 1 is 1.32 bits per heavy atom. The molecule has 3 aliphatic rings. The molecule has 1 aliphatic heterocycles. The summed E-state index contributed by atoms with van der Waals surface area (Å²) in [5.41, 5.74) is 1.28. The standard InChI is InChI=1S/C17H20O5/c1-7-5-11(19)13-8(2)6-12(21-10(4)18)15-9(3)17(20)22-16(15)14(7)13/h5,8,12-16H,3,6H2,1-2,4H3/t8-,12-,13-,14-,15+,16+/m0/s1. The number of ether oxygens (including phenoxy) is 2. The molecule has 0 radical (unpaired) electrons. The van der Waals surface area contributed by atoms with Crippen molar-refractivity contribution in [3.8, 4) is 0 Å². The van der Waals surface area contributed by atoms with Crippen molar-refractivity contribution in [1.29, 1.82) is 0 Å². The van der Waals surface area contributed by atoms with Gasteiger partial charge >= 0.3 is 11.9 Å². The zero-order chi connectivity index (χ0) is 16.2. The van der Waals surface area contributed by atoms with Crippen LogP contribution in [0.15, 0.2) is 23.8 Å². The van der Waals surface area contributed by atoms with Crippen LogP contribution >= 0.6 is 0 Å². The quantitative estimate of drug-likeness (QED) is 0.546. The molecule has 3 rings (SSSR count). The molecule has 0 aromatic heterocycles. The maximum absolute atomic E-state index is 12.3. The van der Waals surface area contributed by atoms with E-state index in [4.69, 9.17) is 9.47 Å². The fourth-order valence-corrected chi connectivity index (χ4v) is 4.31. The number of rotatable bonds is 1.